The van der Waals surface area contributed by atoms with Crippen molar-refractivity contribution in [3.05, 3.63) is 65.7 Å². The Morgan fingerprint density at radius 1 is 1.03 bits per heavy atom. The first-order valence-electron chi connectivity index (χ1n) is 10.2. The molecule has 5 rings (SSSR count). The molecule has 1 saturated carbocycles. The van der Waals surface area contributed by atoms with Gasteiger partial charge in [0.2, 0.25) is 11.9 Å². The van der Waals surface area contributed by atoms with Gasteiger partial charge in [0.05, 0.1) is 0 Å². The first kappa shape index (κ1) is 20.6. The fraction of sp³-hybridized carbons (Fsp3) is 0.174. The number of carbonyl (C=O) groups is 1. The number of rotatable bonds is 7. The van der Waals surface area contributed by atoms with Crippen LogP contribution < -0.4 is 10.6 Å². The Morgan fingerprint density at radius 2 is 1.81 bits per heavy atom. The molecule has 0 aliphatic heterocycles. The fourth-order valence-corrected chi connectivity index (χ4v) is 4.39. The average Bonchev–Trinajstić information content (AvgIpc) is 3.58. The van der Waals surface area contributed by atoms with Crippen LogP contribution in [0.2, 0.25) is 0 Å². The second kappa shape index (κ2) is 9.05. The summed E-state index contributed by atoms with van der Waals surface area (Å²) in [5.74, 6) is 1.32. The van der Waals surface area contributed by atoms with Crippen LogP contribution in [0, 0.1) is 12.8 Å². The number of hydrogen-bond donors (Lipinski definition) is 2. The molecular formula is C23H20N6OS2. The van der Waals surface area contributed by atoms with Crippen molar-refractivity contribution < 1.29 is 4.79 Å². The van der Waals surface area contributed by atoms with Gasteiger partial charge >= 0.3 is 0 Å². The summed E-state index contributed by atoms with van der Waals surface area (Å²) >= 11 is 2.98. The van der Waals surface area contributed by atoms with Crippen LogP contribution in [0.25, 0.3) is 11.4 Å². The van der Waals surface area contributed by atoms with Gasteiger partial charge < -0.3 is 5.32 Å². The highest BCUT2D eigenvalue weighted by molar-refractivity contribution is 7.99. The molecule has 2 heterocycles. The summed E-state index contributed by atoms with van der Waals surface area (Å²) in [5, 5.41) is 7.46. The van der Waals surface area contributed by atoms with Gasteiger partial charge in [-0.2, -0.15) is 9.97 Å². The van der Waals surface area contributed by atoms with Gasteiger partial charge in [0.25, 0.3) is 0 Å². The van der Waals surface area contributed by atoms with E-state index in [0.717, 1.165) is 39.0 Å². The molecule has 4 aromatic rings. The first-order chi connectivity index (χ1) is 15.6. The van der Waals surface area contributed by atoms with E-state index in [1.54, 1.807) is 11.3 Å². The average molecular weight is 461 g/mol. The zero-order valence-electron chi connectivity index (χ0n) is 17.3. The lowest BCUT2D eigenvalue weighted by Gasteiger charge is -2.08. The van der Waals surface area contributed by atoms with E-state index in [1.807, 2.05) is 67.7 Å². The van der Waals surface area contributed by atoms with E-state index in [2.05, 4.69) is 30.6 Å². The molecule has 0 saturated heterocycles. The van der Waals surface area contributed by atoms with E-state index >= 15 is 0 Å². The quantitative estimate of drug-likeness (QED) is 0.374. The molecular weight excluding hydrogens is 440 g/mol. The molecule has 0 bridgehead atoms. The number of hydrogen-bond acceptors (Lipinski definition) is 8. The van der Waals surface area contributed by atoms with Gasteiger partial charge in [-0.05, 0) is 55.8 Å². The summed E-state index contributed by atoms with van der Waals surface area (Å²) in [4.78, 5) is 32.2. The first-order valence-corrected chi connectivity index (χ1v) is 11.9. The summed E-state index contributed by atoms with van der Waals surface area (Å²) in [6.07, 6.45) is 3.78. The summed E-state index contributed by atoms with van der Waals surface area (Å²) in [6, 6.07) is 17.5. The number of aromatic nitrogens is 4. The standard InChI is InChI=1S/C23H20N6OS2/c1-14-13-24-22(31-14)28-21-26-19(15-5-3-2-4-6-15)27-23(29-21)32-18-11-9-17(10-12-18)25-20(30)16-7-8-16/h2-6,9-13,16H,7-8H2,1H3,(H,25,30)(H,24,26,27,28,29). The molecule has 2 aromatic heterocycles. The van der Waals surface area contributed by atoms with Crippen molar-refractivity contribution in [2.24, 2.45) is 5.92 Å². The van der Waals surface area contributed by atoms with Gasteiger partial charge in [0.1, 0.15) is 0 Å². The largest absolute Gasteiger partial charge is 0.326 e. The van der Waals surface area contributed by atoms with Crippen molar-refractivity contribution in [2.45, 2.75) is 29.8 Å². The molecule has 9 heteroatoms. The number of aryl methyl sites for hydroxylation is 1. The number of nitrogens with one attached hydrogen (secondary N) is 2. The lowest BCUT2D eigenvalue weighted by atomic mass is 10.2. The van der Waals surface area contributed by atoms with Crippen LogP contribution in [-0.4, -0.2) is 25.8 Å². The van der Waals surface area contributed by atoms with Crippen LogP contribution in [0.4, 0.5) is 16.8 Å². The molecule has 0 spiro atoms. The van der Waals surface area contributed by atoms with Crippen molar-refractivity contribution in [3.8, 4) is 11.4 Å². The molecule has 2 N–H and O–H groups in total. The van der Waals surface area contributed by atoms with Gasteiger partial charge in [-0.25, -0.2) is 9.97 Å². The van der Waals surface area contributed by atoms with Crippen molar-refractivity contribution in [2.75, 3.05) is 10.6 Å². The van der Waals surface area contributed by atoms with Crippen LogP contribution in [0.5, 0.6) is 0 Å². The molecule has 2 aromatic carbocycles. The highest BCUT2D eigenvalue weighted by atomic mass is 32.2. The van der Waals surface area contributed by atoms with E-state index in [0.29, 0.717) is 16.9 Å². The number of thiazole rings is 1. The van der Waals surface area contributed by atoms with Crippen LogP contribution >= 0.6 is 23.1 Å². The number of nitrogens with zero attached hydrogens (tertiary/aromatic N) is 4. The molecule has 32 heavy (non-hydrogen) atoms. The Labute approximate surface area is 193 Å². The van der Waals surface area contributed by atoms with Gasteiger partial charge in [0, 0.05) is 33.1 Å². The normalized spacial score (nSPS) is 13.0. The van der Waals surface area contributed by atoms with E-state index < -0.39 is 0 Å². The molecule has 1 aliphatic carbocycles. The minimum absolute atomic E-state index is 0.100. The number of anilines is 3. The maximum atomic E-state index is 12.0. The summed E-state index contributed by atoms with van der Waals surface area (Å²) in [5.41, 5.74) is 1.71. The molecule has 1 amide bonds. The third kappa shape index (κ3) is 5.12. The van der Waals surface area contributed by atoms with Gasteiger partial charge in [-0.3, -0.25) is 10.1 Å². The SMILES string of the molecule is Cc1cnc(Nc2nc(Sc3ccc(NC(=O)C4CC4)cc3)nc(-c3ccccc3)n2)s1. The minimum Gasteiger partial charge on any atom is -0.326 e. The molecule has 1 fully saturated rings. The topological polar surface area (TPSA) is 92.7 Å². The lowest BCUT2D eigenvalue weighted by molar-refractivity contribution is -0.117. The molecule has 0 atom stereocenters. The van der Waals surface area contributed by atoms with E-state index in [9.17, 15) is 4.79 Å². The van der Waals surface area contributed by atoms with Crippen LogP contribution in [0.1, 0.15) is 17.7 Å². The third-order valence-electron chi connectivity index (χ3n) is 4.77. The maximum Gasteiger partial charge on any atom is 0.233 e. The second-order valence-corrected chi connectivity index (χ2v) is 9.70. The Bertz CT molecular complexity index is 1240. The van der Waals surface area contributed by atoms with Crippen molar-refractivity contribution in [3.63, 3.8) is 0 Å². The van der Waals surface area contributed by atoms with Gasteiger partial charge in [0.15, 0.2) is 16.1 Å². The van der Waals surface area contributed by atoms with Gasteiger partial charge in [-0.15, -0.1) is 11.3 Å². The smallest absolute Gasteiger partial charge is 0.233 e. The predicted octanol–water partition coefficient (Wildman–Crippen LogP) is 5.55. The minimum atomic E-state index is 0.100. The summed E-state index contributed by atoms with van der Waals surface area (Å²) in [7, 11) is 0. The predicted molar refractivity (Wildman–Crippen MR) is 127 cm³/mol. The summed E-state index contributed by atoms with van der Waals surface area (Å²) in [6.45, 7) is 2.00. The van der Waals surface area contributed by atoms with Crippen molar-refractivity contribution in [1.29, 1.82) is 0 Å². The number of amides is 1. The van der Waals surface area contributed by atoms with Gasteiger partial charge in [-0.1, -0.05) is 30.3 Å². The van der Waals surface area contributed by atoms with Crippen LogP contribution in [0.3, 0.4) is 0 Å². The second-order valence-electron chi connectivity index (χ2n) is 7.42. The van der Waals surface area contributed by atoms with Crippen molar-refractivity contribution in [1.82, 2.24) is 19.9 Å². The molecule has 160 valence electrons. The van der Waals surface area contributed by atoms with E-state index in [1.165, 1.54) is 11.8 Å². The Morgan fingerprint density at radius 3 is 2.50 bits per heavy atom. The Kier molecular flexibility index (Phi) is 5.83. The zero-order valence-corrected chi connectivity index (χ0v) is 18.9. The molecule has 0 radical (unpaired) electrons. The van der Waals surface area contributed by atoms with E-state index in [-0.39, 0.29) is 11.8 Å². The highest BCUT2D eigenvalue weighted by Crippen LogP contribution is 2.32. The molecule has 7 nitrogen and oxygen atoms in total. The molecule has 1 aliphatic rings. The lowest BCUT2D eigenvalue weighted by Crippen LogP contribution is -2.12. The number of benzene rings is 2. The van der Waals surface area contributed by atoms with Crippen LogP contribution in [-0.2, 0) is 4.79 Å². The highest BCUT2D eigenvalue weighted by Gasteiger charge is 2.29. The molecule has 0 unspecified atom stereocenters. The summed E-state index contributed by atoms with van der Waals surface area (Å²) < 4.78 is 0. The Balaban J connectivity index is 1.39. The third-order valence-corrected chi connectivity index (χ3v) is 6.47. The number of carbonyl (C=O) groups excluding carboxylic acids is 1. The maximum absolute atomic E-state index is 12.0. The monoisotopic (exact) mass is 460 g/mol. The van der Waals surface area contributed by atoms with E-state index in [4.69, 9.17) is 0 Å². The van der Waals surface area contributed by atoms with Crippen LogP contribution in [0.15, 0.2) is 70.8 Å². The zero-order chi connectivity index (χ0) is 21.9. The Hall–Kier alpha value is -3.30. The van der Waals surface area contributed by atoms with Crippen molar-refractivity contribution >= 4 is 45.8 Å². The fourth-order valence-electron chi connectivity index (χ4n) is 2.98.